The van der Waals surface area contributed by atoms with E-state index in [0.29, 0.717) is 18.8 Å². The Morgan fingerprint density at radius 2 is 2.11 bits per heavy atom. The van der Waals surface area contributed by atoms with Gasteiger partial charge in [-0.1, -0.05) is 35.5 Å². The number of aromatic amines is 1. The number of H-pyrrole nitrogens is 1. The van der Waals surface area contributed by atoms with E-state index in [4.69, 9.17) is 0 Å². The molecule has 1 saturated heterocycles. The number of hydrogen-bond donors (Lipinski definition) is 2. The number of amides is 2. The van der Waals surface area contributed by atoms with Gasteiger partial charge < -0.3 is 10.2 Å². The van der Waals surface area contributed by atoms with E-state index in [2.05, 4.69) is 38.1 Å². The number of hydrogen-bond acceptors (Lipinski definition) is 5. The molecule has 8 heteroatoms. The maximum atomic E-state index is 12.7. The number of carbonyl (C=O) groups excluding carboxylic acids is 2. The van der Waals surface area contributed by atoms with Gasteiger partial charge in [0.05, 0.1) is 6.04 Å². The molecule has 8 nitrogen and oxygen atoms in total. The van der Waals surface area contributed by atoms with Crippen molar-refractivity contribution >= 4 is 11.8 Å². The third kappa shape index (κ3) is 5.12. The van der Waals surface area contributed by atoms with E-state index in [0.717, 1.165) is 32.1 Å². The molecule has 0 bridgehead atoms. The number of aromatic nitrogens is 4. The summed E-state index contributed by atoms with van der Waals surface area (Å²) in [6.45, 7) is 2.38. The first-order valence-electron chi connectivity index (χ1n) is 9.52. The maximum absolute atomic E-state index is 12.7. The highest BCUT2D eigenvalue weighted by Gasteiger charge is 2.35. The van der Waals surface area contributed by atoms with Gasteiger partial charge in [0.25, 0.3) is 0 Å². The average molecular weight is 370 g/mol. The van der Waals surface area contributed by atoms with E-state index in [-0.39, 0.29) is 17.9 Å². The Kier molecular flexibility index (Phi) is 6.51. The summed E-state index contributed by atoms with van der Waals surface area (Å²) in [6.07, 6.45) is 4.85. The monoisotopic (exact) mass is 370 g/mol. The molecule has 2 N–H and O–H groups in total. The van der Waals surface area contributed by atoms with Crippen LogP contribution >= 0.6 is 0 Å². The molecule has 0 unspecified atom stereocenters. The average Bonchev–Trinajstić information content (AvgIpc) is 3.36. The molecule has 144 valence electrons. The highest BCUT2D eigenvalue weighted by atomic mass is 16.2. The second-order valence-corrected chi connectivity index (χ2v) is 6.94. The first kappa shape index (κ1) is 19.0. The molecular formula is C19H26N6O2. The van der Waals surface area contributed by atoms with Gasteiger partial charge in [0.2, 0.25) is 11.8 Å². The van der Waals surface area contributed by atoms with Gasteiger partial charge in [-0.3, -0.25) is 9.59 Å². The number of nitrogens with zero attached hydrogens (tertiary/aromatic N) is 4. The molecular weight excluding hydrogens is 344 g/mol. The van der Waals surface area contributed by atoms with E-state index in [1.807, 2.05) is 18.2 Å². The van der Waals surface area contributed by atoms with E-state index in [1.54, 1.807) is 11.8 Å². The second kappa shape index (κ2) is 9.25. The second-order valence-electron chi connectivity index (χ2n) is 6.94. The summed E-state index contributed by atoms with van der Waals surface area (Å²) >= 11 is 0. The minimum absolute atomic E-state index is 0.0841. The topological polar surface area (TPSA) is 104 Å². The van der Waals surface area contributed by atoms with Crippen molar-refractivity contribution in [3.63, 3.8) is 0 Å². The summed E-state index contributed by atoms with van der Waals surface area (Å²) in [5.74, 6) is 0.347. The number of carbonyl (C=O) groups is 2. The van der Waals surface area contributed by atoms with Crippen molar-refractivity contribution in [3.8, 4) is 0 Å². The van der Waals surface area contributed by atoms with Crippen LogP contribution in [0.4, 0.5) is 0 Å². The number of benzene rings is 1. The van der Waals surface area contributed by atoms with E-state index in [9.17, 15) is 9.59 Å². The predicted molar refractivity (Wildman–Crippen MR) is 99.5 cm³/mol. The summed E-state index contributed by atoms with van der Waals surface area (Å²) in [7, 11) is 0. The Balaban J connectivity index is 1.41. The Morgan fingerprint density at radius 1 is 1.30 bits per heavy atom. The van der Waals surface area contributed by atoms with Crippen LogP contribution in [0.2, 0.25) is 0 Å². The van der Waals surface area contributed by atoms with Crippen molar-refractivity contribution in [3.05, 3.63) is 41.7 Å². The van der Waals surface area contributed by atoms with Gasteiger partial charge in [-0.05, 0) is 44.6 Å². The van der Waals surface area contributed by atoms with Gasteiger partial charge in [-0.25, -0.2) is 0 Å². The van der Waals surface area contributed by atoms with Crippen LogP contribution in [0, 0.1) is 0 Å². The summed E-state index contributed by atoms with van der Waals surface area (Å²) in [5.41, 5.74) is 1.28. The molecule has 0 radical (unpaired) electrons. The van der Waals surface area contributed by atoms with Gasteiger partial charge in [0.1, 0.15) is 6.04 Å². The van der Waals surface area contributed by atoms with Gasteiger partial charge in [-0.2, -0.15) is 5.21 Å². The lowest BCUT2D eigenvalue weighted by Crippen LogP contribution is -2.46. The molecule has 1 aromatic carbocycles. The van der Waals surface area contributed by atoms with Crippen LogP contribution in [0.25, 0.3) is 0 Å². The summed E-state index contributed by atoms with van der Waals surface area (Å²) < 4.78 is 0. The van der Waals surface area contributed by atoms with Crippen molar-refractivity contribution in [2.75, 3.05) is 6.54 Å². The van der Waals surface area contributed by atoms with Gasteiger partial charge in [0, 0.05) is 13.0 Å². The van der Waals surface area contributed by atoms with Crippen molar-refractivity contribution in [1.29, 1.82) is 0 Å². The molecule has 2 atom stereocenters. The number of nitrogens with one attached hydrogen (secondary N) is 2. The maximum Gasteiger partial charge on any atom is 0.245 e. The fourth-order valence-electron chi connectivity index (χ4n) is 3.49. The largest absolute Gasteiger partial charge is 0.345 e. The minimum atomic E-state index is -0.556. The molecule has 1 aliphatic rings. The zero-order valence-electron chi connectivity index (χ0n) is 15.6. The van der Waals surface area contributed by atoms with Gasteiger partial charge in [-0.15, -0.1) is 10.2 Å². The highest BCUT2D eigenvalue weighted by Crippen LogP contribution is 2.29. The third-order valence-corrected chi connectivity index (χ3v) is 4.91. The Morgan fingerprint density at radius 3 is 2.85 bits per heavy atom. The van der Waals surface area contributed by atoms with E-state index in [1.165, 1.54) is 5.56 Å². The summed E-state index contributed by atoms with van der Waals surface area (Å²) in [5, 5.41) is 16.8. The molecule has 0 spiro atoms. The van der Waals surface area contributed by atoms with Crippen molar-refractivity contribution < 1.29 is 9.59 Å². The molecule has 2 amide bonds. The number of unbranched alkanes of at least 4 members (excludes halogenated alkanes) is 1. The third-order valence-electron chi connectivity index (χ3n) is 4.91. The Bertz CT molecular complexity index is 734. The highest BCUT2D eigenvalue weighted by molar-refractivity contribution is 5.87. The van der Waals surface area contributed by atoms with Crippen LogP contribution in [0.1, 0.15) is 56.5 Å². The smallest absolute Gasteiger partial charge is 0.245 e. The van der Waals surface area contributed by atoms with Crippen LogP contribution < -0.4 is 5.32 Å². The fraction of sp³-hybridized carbons (Fsp3) is 0.526. The molecule has 2 heterocycles. The zero-order chi connectivity index (χ0) is 19.1. The molecule has 2 aromatic rings. The molecule has 27 heavy (non-hydrogen) atoms. The quantitative estimate of drug-likeness (QED) is 0.689. The summed E-state index contributed by atoms with van der Waals surface area (Å²) in [6, 6.07) is 9.51. The molecule has 0 saturated carbocycles. The van der Waals surface area contributed by atoms with Crippen LogP contribution in [0.15, 0.2) is 30.3 Å². The first-order valence-corrected chi connectivity index (χ1v) is 9.52. The van der Waals surface area contributed by atoms with Crippen LogP contribution in [-0.2, 0) is 16.0 Å². The molecule has 3 rings (SSSR count). The van der Waals surface area contributed by atoms with Crippen molar-refractivity contribution in [2.45, 2.75) is 57.5 Å². The van der Waals surface area contributed by atoms with Gasteiger partial charge >= 0.3 is 0 Å². The first-order chi connectivity index (χ1) is 13.1. The van der Waals surface area contributed by atoms with E-state index >= 15 is 0 Å². The van der Waals surface area contributed by atoms with Crippen molar-refractivity contribution in [2.24, 2.45) is 0 Å². The van der Waals surface area contributed by atoms with Crippen LogP contribution in [0.5, 0.6) is 0 Å². The Labute approximate surface area is 158 Å². The fourth-order valence-corrected chi connectivity index (χ4v) is 3.49. The normalized spacial score (nSPS) is 17.7. The summed E-state index contributed by atoms with van der Waals surface area (Å²) in [4.78, 5) is 26.6. The standard InChI is InChI=1S/C19H26N6O2/c1-14(19(27)25-13-7-11-16(25)18-21-23-24-22-18)20-17(26)12-6-5-10-15-8-3-2-4-9-15/h2-4,8-9,14,16H,5-7,10-13H2,1H3,(H,20,26)(H,21,22,23,24)/t14-,16-/m0/s1. The Hall–Kier alpha value is -2.77. The predicted octanol–water partition coefficient (Wildman–Crippen LogP) is 1.78. The molecule has 1 aromatic heterocycles. The molecule has 1 fully saturated rings. The lowest BCUT2D eigenvalue weighted by molar-refractivity contribution is -0.136. The minimum Gasteiger partial charge on any atom is -0.345 e. The van der Waals surface area contributed by atoms with Gasteiger partial charge in [0.15, 0.2) is 5.82 Å². The molecule has 1 aliphatic heterocycles. The number of rotatable bonds is 8. The lowest BCUT2D eigenvalue weighted by Gasteiger charge is -2.26. The number of tetrazole rings is 1. The number of aryl methyl sites for hydroxylation is 1. The van der Waals surface area contributed by atoms with E-state index < -0.39 is 6.04 Å². The SMILES string of the molecule is C[C@H](NC(=O)CCCCc1ccccc1)C(=O)N1CCC[C@H]1c1nn[nH]n1. The van der Waals surface area contributed by atoms with Crippen LogP contribution in [-0.4, -0.2) is 49.9 Å². The van der Waals surface area contributed by atoms with Crippen LogP contribution in [0.3, 0.4) is 0 Å². The molecule has 0 aliphatic carbocycles. The van der Waals surface area contributed by atoms with Crippen molar-refractivity contribution in [1.82, 2.24) is 30.8 Å². The zero-order valence-corrected chi connectivity index (χ0v) is 15.6. The number of likely N-dealkylation sites (tertiary alicyclic amines) is 1. The lowest BCUT2D eigenvalue weighted by atomic mass is 10.1.